The zero-order chi connectivity index (χ0) is 8.97. The third-order valence-corrected chi connectivity index (χ3v) is 1.68. The van der Waals surface area contributed by atoms with Crippen molar-refractivity contribution in [1.29, 1.82) is 0 Å². The first kappa shape index (κ1) is 8.77. The van der Waals surface area contributed by atoms with E-state index < -0.39 is 5.97 Å². The Morgan fingerprint density at radius 2 is 2.58 bits per heavy atom. The van der Waals surface area contributed by atoms with Crippen molar-refractivity contribution < 1.29 is 9.90 Å². The van der Waals surface area contributed by atoms with E-state index in [1.807, 2.05) is 0 Å². The monoisotopic (exact) mass is 168 g/mol. The average molecular weight is 168 g/mol. The van der Waals surface area contributed by atoms with E-state index in [4.69, 9.17) is 5.11 Å². The fraction of sp³-hybridized carbons (Fsp3) is 0.500. The van der Waals surface area contributed by atoms with Gasteiger partial charge in [0, 0.05) is 13.0 Å². The van der Waals surface area contributed by atoms with Crippen LogP contribution in [0.3, 0.4) is 0 Å². The number of hydrogen-bond acceptors (Lipinski definition) is 3. The lowest BCUT2D eigenvalue weighted by molar-refractivity contribution is -0.129. The zero-order valence-electron chi connectivity index (χ0n) is 6.86. The maximum Gasteiger partial charge on any atom is 0.352 e. The highest BCUT2D eigenvalue weighted by molar-refractivity contribution is 6.35. The molecule has 1 rings (SSSR count). The van der Waals surface area contributed by atoms with Crippen molar-refractivity contribution in [2.24, 2.45) is 5.10 Å². The van der Waals surface area contributed by atoms with E-state index >= 15 is 0 Å². The summed E-state index contributed by atoms with van der Waals surface area (Å²) in [5.74, 6) is -0.913. The molecule has 0 saturated carbocycles. The van der Waals surface area contributed by atoms with E-state index in [1.165, 1.54) is 0 Å². The standard InChI is InChI=1S/C8H12N2O2/c1-2-5-10-6-3-4-7(9-10)8(11)12/h2H,1,3-6H2,(H,11,12). The maximum absolute atomic E-state index is 10.5. The third-order valence-electron chi connectivity index (χ3n) is 1.68. The number of hydrogen-bond donors (Lipinski definition) is 1. The first-order valence-electron chi connectivity index (χ1n) is 3.90. The van der Waals surface area contributed by atoms with Crippen LogP contribution in [-0.2, 0) is 4.79 Å². The first-order chi connectivity index (χ1) is 5.74. The van der Waals surface area contributed by atoms with Crippen LogP contribution in [0.4, 0.5) is 0 Å². The summed E-state index contributed by atoms with van der Waals surface area (Å²) in [6.07, 6.45) is 3.15. The molecular formula is C8H12N2O2. The molecule has 0 aromatic carbocycles. The predicted octanol–water partition coefficient (Wildman–Crippen LogP) is 0.709. The van der Waals surface area contributed by atoms with Crippen molar-refractivity contribution in [2.45, 2.75) is 12.8 Å². The van der Waals surface area contributed by atoms with Crippen LogP contribution in [0, 0.1) is 0 Å². The molecule has 12 heavy (non-hydrogen) atoms. The molecule has 1 aliphatic heterocycles. The van der Waals surface area contributed by atoms with Gasteiger partial charge in [-0.25, -0.2) is 4.79 Å². The molecule has 0 amide bonds. The molecule has 4 nitrogen and oxygen atoms in total. The van der Waals surface area contributed by atoms with Crippen LogP contribution < -0.4 is 0 Å². The normalized spacial score (nSPS) is 17.0. The molecule has 1 N–H and O–H groups in total. The van der Waals surface area contributed by atoms with Crippen LogP contribution in [0.5, 0.6) is 0 Å². The van der Waals surface area contributed by atoms with Gasteiger partial charge in [-0.05, 0) is 6.42 Å². The van der Waals surface area contributed by atoms with E-state index in [9.17, 15) is 4.79 Å². The molecule has 1 aliphatic rings. The Morgan fingerprint density at radius 1 is 1.83 bits per heavy atom. The van der Waals surface area contributed by atoms with Gasteiger partial charge < -0.3 is 5.11 Å². The number of hydrazone groups is 1. The summed E-state index contributed by atoms with van der Waals surface area (Å²) in [4.78, 5) is 10.5. The number of carbonyl (C=O) groups is 1. The van der Waals surface area contributed by atoms with E-state index in [-0.39, 0.29) is 5.71 Å². The van der Waals surface area contributed by atoms with Crippen LogP contribution in [0.1, 0.15) is 12.8 Å². The second-order valence-corrected chi connectivity index (χ2v) is 2.66. The van der Waals surface area contributed by atoms with E-state index in [1.54, 1.807) is 11.1 Å². The van der Waals surface area contributed by atoms with Gasteiger partial charge in [0.15, 0.2) is 0 Å². The quantitative estimate of drug-likeness (QED) is 0.631. The molecule has 0 radical (unpaired) electrons. The molecule has 0 atom stereocenters. The molecule has 0 spiro atoms. The summed E-state index contributed by atoms with van der Waals surface area (Å²) in [6.45, 7) is 5.01. The minimum absolute atomic E-state index is 0.253. The minimum Gasteiger partial charge on any atom is -0.477 e. The van der Waals surface area contributed by atoms with Crippen LogP contribution in [0.15, 0.2) is 17.8 Å². The number of carboxylic acid groups (broad SMARTS) is 1. The highest BCUT2D eigenvalue weighted by atomic mass is 16.4. The maximum atomic E-state index is 10.5. The minimum atomic E-state index is -0.913. The molecule has 1 heterocycles. The average Bonchev–Trinajstić information content (AvgIpc) is 2.05. The van der Waals surface area contributed by atoms with Crippen molar-refractivity contribution >= 4 is 11.7 Å². The second-order valence-electron chi connectivity index (χ2n) is 2.66. The van der Waals surface area contributed by atoms with E-state index in [0.29, 0.717) is 13.0 Å². The summed E-state index contributed by atoms with van der Waals surface area (Å²) in [7, 11) is 0. The van der Waals surface area contributed by atoms with Gasteiger partial charge in [-0.15, -0.1) is 6.58 Å². The first-order valence-corrected chi connectivity index (χ1v) is 3.90. The summed E-state index contributed by atoms with van der Waals surface area (Å²) >= 11 is 0. The number of carboxylic acids is 1. The van der Waals surface area contributed by atoms with Gasteiger partial charge in [-0.2, -0.15) is 5.10 Å². The lowest BCUT2D eigenvalue weighted by Gasteiger charge is -2.22. The molecule has 0 saturated heterocycles. The molecule has 0 fully saturated rings. The molecule has 0 aromatic rings. The van der Waals surface area contributed by atoms with Gasteiger partial charge in [-0.1, -0.05) is 6.08 Å². The van der Waals surface area contributed by atoms with E-state index in [2.05, 4.69) is 11.7 Å². The smallest absolute Gasteiger partial charge is 0.352 e. The lowest BCUT2D eigenvalue weighted by atomic mass is 10.2. The molecule has 66 valence electrons. The molecule has 4 heteroatoms. The van der Waals surface area contributed by atoms with Gasteiger partial charge in [0.1, 0.15) is 5.71 Å². The predicted molar refractivity (Wildman–Crippen MR) is 46.1 cm³/mol. The second kappa shape index (κ2) is 3.90. The number of nitrogens with zero attached hydrogens (tertiary/aromatic N) is 2. The van der Waals surface area contributed by atoms with Gasteiger partial charge >= 0.3 is 5.97 Å². The van der Waals surface area contributed by atoms with Gasteiger partial charge in [0.25, 0.3) is 0 Å². The number of aliphatic carboxylic acids is 1. The largest absolute Gasteiger partial charge is 0.477 e. The Morgan fingerprint density at radius 3 is 3.17 bits per heavy atom. The van der Waals surface area contributed by atoms with Crippen molar-refractivity contribution in [3.05, 3.63) is 12.7 Å². The molecule has 0 aromatic heterocycles. The molecule has 0 aliphatic carbocycles. The fourth-order valence-corrected chi connectivity index (χ4v) is 1.13. The lowest BCUT2D eigenvalue weighted by Crippen LogP contribution is -2.29. The van der Waals surface area contributed by atoms with Crippen LogP contribution >= 0.6 is 0 Å². The summed E-state index contributed by atoms with van der Waals surface area (Å²) in [6, 6.07) is 0. The van der Waals surface area contributed by atoms with Crippen molar-refractivity contribution in [2.75, 3.05) is 13.1 Å². The summed E-state index contributed by atoms with van der Waals surface area (Å²) in [5.41, 5.74) is 0.253. The van der Waals surface area contributed by atoms with Gasteiger partial charge in [0.2, 0.25) is 0 Å². The fourth-order valence-electron chi connectivity index (χ4n) is 1.13. The molecule has 0 unspecified atom stereocenters. The SMILES string of the molecule is C=CCN1CCCC(C(=O)O)=N1. The summed E-state index contributed by atoms with van der Waals surface area (Å²) < 4.78 is 0. The Balaban J connectivity index is 2.62. The zero-order valence-corrected chi connectivity index (χ0v) is 6.86. The Bertz CT molecular complexity index is 223. The topological polar surface area (TPSA) is 52.9 Å². The number of rotatable bonds is 3. The van der Waals surface area contributed by atoms with Crippen LogP contribution in [0.25, 0.3) is 0 Å². The van der Waals surface area contributed by atoms with Gasteiger partial charge in [-0.3, -0.25) is 5.01 Å². The Kier molecular flexibility index (Phi) is 2.85. The van der Waals surface area contributed by atoms with Gasteiger partial charge in [0.05, 0.1) is 6.54 Å². The van der Waals surface area contributed by atoms with Crippen LogP contribution in [-0.4, -0.2) is 34.9 Å². The van der Waals surface area contributed by atoms with Crippen molar-refractivity contribution in [1.82, 2.24) is 5.01 Å². The summed E-state index contributed by atoms with van der Waals surface area (Å²) in [5, 5.41) is 14.3. The third kappa shape index (κ3) is 2.08. The van der Waals surface area contributed by atoms with E-state index in [0.717, 1.165) is 13.0 Å². The highest BCUT2D eigenvalue weighted by Crippen LogP contribution is 2.06. The highest BCUT2D eigenvalue weighted by Gasteiger charge is 2.15. The molecule has 0 bridgehead atoms. The molecular weight excluding hydrogens is 156 g/mol. The van der Waals surface area contributed by atoms with Crippen LogP contribution in [0.2, 0.25) is 0 Å². The Hall–Kier alpha value is -1.32. The van der Waals surface area contributed by atoms with Crippen molar-refractivity contribution in [3.8, 4) is 0 Å². The Labute approximate surface area is 71.2 Å². The van der Waals surface area contributed by atoms with Crippen molar-refractivity contribution in [3.63, 3.8) is 0 Å².